The van der Waals surface area contributed by atoms with Gasteiger partial charge in [-0.3, -0.25) is 0 Å². The van der Waals surface area contributed by atoms with Gasteiger partial charge in [0.15, 0.2) is 0 Å². The Balaban J connectivity index is 3.02. The van der Waals surface area contributed by atoms with Crippen molar-refractivity contribution in [3.05, 3.63) is 41.9 Å². The highest BCUT2D eigenvalue weighted by molar-refractivity contribution is 5.50. The van der Waals surface area contributed by atoms with E-state index in [9.17, 15) is 4.79 Å². The number of hydrogen-bond donors (Lipinski definition) is 3. The molecule has 6 N–H and O–H groups in total. The van der Waals surface area contributed by atoms with Gasteiger partial charge in [-0.15, -0.1) is 0 Å². The topological polar surface area (TPSA) is 95.1 Å². The summed E-state index contributed by atoms with van der Waals surface area (Å²) in [6.45, 7) is 3.62. The van der Waals surface area contributed by atoms with Crippen LogP contribution < -0.4 is 17.2 Å². The van der Waals surface area contributed by atoms with Gasteiger partial charge in [0.25, 0.3) is 0 Å². The van der Waals surface area contributed by atoms with Crippen LogP contribution in [0.1, 0.15) is 37.1 Å². The van der Waals surface area contributed by atoms with Gasteiger partial charge in [-0.05, 0) is 17.5 Å². The van der Waals surface area contributed by atoms with E-state index in [1.165, 1.54) is 0 Å². The Morgan fingerprint density at radius 1 is 1.41 bits per heavy atom. The third-order valence-corrected chi connectivity index (χ3v) is 3.08. The van der Waals surface area contributed by atoms with Crippen molar-refractivity contribution >= 4 is 6.29 Å². The largest absolute Gasteiger partial charge is 0.326 e. The van der Waals surface area contributed by atoms with Gasteiger partial charge in [0.05, 0.1) is 6.17 Å². The zero-order valence-corrected chi connectivity index (χ0v) is 10.1. The molecule has 1 atom stereocenters. The van der Waals surface area contributed by atoms with Gasteiger partial charge < -0.3 is 22.0 Å². The quantitative estimate of drug-likeness (QED) is 0.504. The number of rotatable bonds is 6. The number of nitrogens with two attached hydrogens (primary N) is 3. The van der Waals surface area contributed by atoms with Crippen molar-refractivity contribution in [2.45, 2.75) is 31.3 Å². The Hall–Kier alpha value is -1.23. The van der Waals surface area contributed by atoms with Gasteiger partial charge in [-0.25, -0.2) is 0 Å². The van der Waals surface area contributed by atoms with E-state index in [1.54, 1.807) is 6.54 Å². The molecule has 0 spiro atoms. The predicted octanol–water partition coefficient (Wildman–Crippen LogP) is 0.960. The molecule has 1 rings (SSSR count). The standard InChI is InChI=1S/C13H20N3O/c1-13(9-14,6-3-7-17)11-5-2-4-10(8-11)12(15)16/h2,4-5,7-9,12H,3,6,14-16H2,1H3. The normalized spacial score (nSPS) is 14.6. The second kappa shape index (κ2) is 5.91. The summed E-state index contributed by atoms with van der Waals surface area (Å²) in [4.78, 5) is 10.5. The molecule has 0 saturated heterocycles. The minimum Gasteiger partial charge on any atom is -0.326 e. The van der Waals surface area contributed by atoms with Crippen LogP contribution >= 0.6 is 0 Å². The van der Waals surface area contributed by atoms with Gasteiger partial charge >= 0.3 is 0 Å². The molecule has 0 aliphatic rings. The average Bonchev–Trinajstić information content (AvgIpc) is 2.36. The van der Waals surface area contributed by atoms with Gasteiger partial charge in [0.1, 0.15) is 6.29 Å². The molecule has 0 bridgehead atoms. The van der Waals surface area contributed by atoms with Crippen LogP contribution in [0.5, 0.6) is 0 Å². The van der Waals surface area contributed by atoms with E-state index >= 15 is 0 Å². The summed E-state index contributed by atoms with van der Waals surface area (Å²) in [5.74, 6) is 0. The molecule has 93 valence electrons. The summed E-state index contributed by atoms with van der Waals surface area (Å²) in [6, 6.07) is 7.70. The number of carbonyl (C=O) groups excluding carboxylic acids is 1. The molecular weight excluding hydrogens is 214 g/mol. The fourth-order valence-corrected chi connectivity index (χ4v) is 1.78. The highest BCUT2D eigenvalue weighted by atomic mass is 16.1. The van der Waals surface area contributed by atoms with Crippen LogP contribution in [0.2, 0.25) is 0 Å². The molecular formula is C13H20N3O. The Bertz CT molecular complexity index is 379. The van der Waals surface area contributed by atoms with Crippen molar-refractivity contribution < 1.29 is 4.79 Å². The molecule has 0 aromatic heterocycles. The molecule has 0 amide bonds. The molecule has 1 aromatic rings. The van der Waals surface area contributed by atoms with Gasteiger partial charge in [-0.2, -0.15) is 0 Å². The van der Waals surface area contributed by atoms with Gasteiger partial charge in [-0.1, -0.05) is 31.2 Å². The molecule has 4 heteroatoms. The Morgan fingerprint density at radius 3 is 2.65 bits per heavy atom. The lowest BCUT2D eigenvalue weighted by atomic mass is 9.78. The number of hydrogen-bond acceptors (Lipinski definition) is 4. The summed E-state index contributed by atoms with van der Waals surface area (Å²) in [5, 5.41) is 0. The average molecular weight is 234 g/mol. The molecule has 0 saturated carbocycles. The summed E-state index contributed by atoms with van der Waals surface area (Å²) in [5.41, 5.74) is 18.6. The van der Waals surface area contributed by atoms with Crippen molar-refractivity contribution in [3.63, 3.8) is 0 Å². The van der Waals surface area contributed by atoms with Crippen LogP contribution in [0.25, 0.3) is 0 Å². The third-order valence-electron chi connectivity index (χ3n) is 3.08. The Morgan fingerprint density at radius 2 is 2.12 bits per heavy atom. The minimum absolute atomic E-state index is 0.328. The summed E-state index contributed by atoms with van der Waals surface area (Å²) in [7, 11) is 0. The monoisotopic (exact) mass is 234 g/mol. The molecule has 1 aromatic carbocycles. The van der Waals surface area contributed by atoms with Crippen LogP contribution in [0, 0.1) is 6.54 Å². The number of aldehydes is 1. The van der Waals surface area contributed by atoms with Crippen LogP contribution in [-0.2, 0) is 10.2 Å². The lowest BCUT2D eigenvalue weighted by Crippen LogP contribution is -2.28. The van der Waals surface area contributed by atoms with E-state index in [4.69, 9.17) is 17.2 Å². The van der Waals surface area contributed by atoms with Gasteiger partial charge in [0.2, 0.25) is 0 Å². The predicted molar refractivity (Wildman–Crippen MR) is 68.7 cm³/mol. The van der Waals surface area contributed by atoms with E-state index in [1.807, 2.05) is 31.2 Å². The highest BCUT2D eigenvalue weighted by Gasteiger charge is 2.25. The Labute approximate surface area is 102 Å². The summed E-state index contributed by atoms with van der Waals surface area (Å²) in [6.07, 6.45) is 1.56. The maximum absolute atomic E-state index is 10.5. The zero-order valence-electron chi connectivity index (χ0n) is 10.1. The maximum Gasteiger partial charge on any atom is 0.120 e. The lowest BCUT2D eigenvalue weighted by molar-refractivity contribution is -0.108. The number of carbonyl (C=O) groups is 1. The van der Waals surface area contributed by atoms with Crippen LogP contribution in [0.4, 0.5) is 0 Å². The first kappa shape index (κ1) is 13.8. The second-order valence-electron chi connectivity index (χ2n) is 4.44. The molecule has 0 fully saturated rings. The highest BCUT2D eigenvalue weighted by Crippen LogP contribution is 2.30. The van der Waals surface area contributed by atoms with Crippen molar-refractivity contribution in [2.24, 2.45) is 17.2 Å². The maximum atomic E-state index is 10.5. The third kappa shape index (κ3) is 3.36. The first-order valence-corrected chi connectivity index (χ1v) is 5.65. The van der Waals surface area contributed by atoms with E-state index in [0.29, 0.717) is 12.8 Å². The molecule has 0 aliphatic heterocycles. The fraction of sp³-hybridized carbons (Fsp3) is 0.385. The SMILES string of the molecule is CC([CH]N)(CCC=O)c1cccc(C(N)N)c1. The molecule has 0 heterocycles. The van der Waals surface area contributed by atoms with Crippen LogP contribution in [-0.4, -0.2) is 6.29 Å². The van der Waals surface area contributed by atoms with E-state index in [0.717, 1.165) is 17.4 Å². The second-order valence-corrected chi connectivity index (χ2v) is 4.44. The first-order chi connectivity index (χ1) is 8.03. The van der Waals surface area contributed by atoms with E-state index in [-0.39, 0.29) is 5.41 Å². The fourth-order valence-electron chi connectivity index (χ4n) is 1.78. The Kier molecular flexibility index (Phi) is 4.81. The van der Waals surface area contributed by atoms with Crippen molar-refractivity contribution in [1.29, 1.82) is 0 Å². The molecule has 1 radical (unpaired) electrons. The molecule has 1 unspecified atom stereocenters. The summed E-state index contributed by atoms with van der Waals surface area (Å²) < 4.78 is 0. The zero-order chi connectivity index (χ0) is 12.9. The van der Waals surface area contributed by atoms with E-state index in [2.05, 4.69) is 0 Å². The molecule has 0 aliphatic carbocycles. The minimum atomic E-state index is -0.497. The first-order valence-electron chi connectivity index (χ1n) is 5.65. The van der Waals surface area contributed by atoms with Gasteiger partial charge in [0, 0.05) is 18.4 Å². The van der Waals surface area contributed by atoms with Crippen molar-refractivity contribution in [3.8, 4) is 0 Å². The number of benzene rings is 1. The smallest absolute Gasteiger partial charge is 0.120 e. The van der Waals surface area contributed by atoms with Crippen molar-refractivity contribution in [2.75, 3.05) is 0 Å². The molecule has 4 nitrogen and oxygen atoms in total. The molecule has 17 heavy (non-hydrogen) atoms. The van der Waals surface area contributed by atoms with E-state index < -0.39 is 6.17 Å². The van der Waals surface area contributed by atoms with Crippen LogP contribution in [0.15, 0.2) is 24.3 Å². The lowest BCUT2D eigenvalue weighted by Gasteiger charge is -2.28. The summed E-state index contributed by atoms with van der Waals surface area (Å²) >= 11 is 0. The van der Waals surface area contributed by atoms with Crippen LogP contribution in [0.3, 0.4) is 0 Å². The van der Waals surface area contributed by atoms with Crippen molar-refractivity contribution in [1.82, 2.24) is 0 Å².